The average molecular weight is 330 g/mol. The maximum atomic E-state index is 10.2. The summed E-state index contributed by atoms with van der Waals surface area (Å²) in [6.07, 6.45) is 1.70. The first-order valence-electron chi connectivity index (χ1n) is 6.39. The van der Waals surface area contributed by atoms with E-state index in [1.807, 2.05) is 36.0 Å². The molecule has 0 saturated carbocycles. The Morgan fingerprint density at radius 1 is 1.50 bits per heavy atom. The Kier molecular flexibility index (Phi) is 5.55. The van der Waals surface area contributed by atoms with E-state index in [0.29, 0.717) is 6.04 Å². The van der Waals surface area contributed by atoms with Crippen LogP contribution < -0.4 is 0 Å². The average Bonchev–Trinajstić information content (AvgIpc) is 2.90. The molecule has 1 heterocycles. The van der Waals surface area contributed by atoms with E-state index in [-0.39, 0.29) is 6.10 Å². The molecule has 2 nitrogen and oxygen atoms in total. The van der Waals surface area contributed by atoms with Crippen LogP contribution in [0.2, 0.25) is 0 Å². The molecule has 100 valence electrons. The second-order valence-electron chi connectivity index (χ2n) is 4.82. The van der Waals surface area contributed by atoms with Crippen molar-refractivity contribution in [2.75, 3.05) is 25.1 Å². The van der Waals surface area contributed by atoms with Crippen LogP contribution in [-0.2, 0) is 0 Å². The highest BCUT2D eigenvalue weighted by molar-refractivity contribution is 9.10. The van der Waals surface area contributed by atoms with Crippen LogP contribution in [0, 0.1) is 0 Å². The fourth-order valence-electron chi connectivity index (χ4n) is 2.28. The van der Waals surface area contributed by atoms with Gasteiger partial charge in [0.05, 0.1) is 6.10 Å². The van der Waals surface area contributed by atoms with Crippen LogP contribution in [-0.4, -0.2) is 41.1 Å². The zero-order valence-electron chi connectivity index (χ0n) is 10.7. The summed E-state index contributed by atoms with van der Waals surface area (Å²) in [4.78, 5) is 2.39. The zero-order chi connectivity index (χ0) is 13.0. The molecule has 1 aromatic rings. The smallest absolute Gasteiger partial charge is 0.0813 e. The standard InChI is InChI=1S/C14H20BrNOS/c1-16(11-7-9-18-10-11)8-6-14(17)12-4-2-3-5-13(12)15/h2-5,11,14,17H,6-10H2,1H3. The van der Waals surface area contributed by atoms with Gasteiger partial charge in [0.15, 0.2) is 0 Å². The molecule has 0 spiro atoms. The minimum Gasteiger partial charge on any atom is -0.388 e. The van der Waals surface area contributed by atoms with Gasteiger partial charge >= 0.3 is 0 Å². The maximum absolute atomic E-state index is 10.2. The number of rotatable bonds is 5. The molecule has 1 aliphatic heterocycles. The van der Waals surface area contributed by atoms with Gasteiger partial charge in [-0.05, 0) is 37.3 Å². The molecule has 1 aliphatic rings. The molecule has 1 saturated heterocycles. The summed E-state index contributed by atoms with van der Waals surface area (Å²) in [5.41, 5.74) is 0.992. The molecule has 1 aromatic carbocycles. The Morgan fingerprint density at radius 2 is 2.28 bits per heavy atom. The van der Waals surface area contributed by atoms with Crippen LogP contribution in [0.3, 0.4) is 0 Å². The summed E-state index contributed by atoms with van der Waals surface area (Å²) in [5, 5.41) is 10.2. The van der Waals surface area contributed by atoms with Gasteiger partial charge in [-0.1, -0.05) is 34.1 Å². The highest BCUT2D eigenvalue weighted by Crippen LogP contribution is 2.26. The summed E-state index contributed by atoms with van der Waals surface area (Å²) in [7, 11) is 2.17. The van der Waals surface area contributed by atoms with Gasteiger partial charge in [0, 0.05) is 22.8 Å². The number of aliphatic hydroxyl groups excluding tert-OH is 1. The lowest BCUT2D eigenvalue weighted by atomic mass is 10.1. The number of nitrogens with zero attached hydrogens (tertiary/aromatic N) is 1. The first kappa shape index (κ1) is 14.4. The van der Waals surface area contributed by atoms with Gasteiger partial charge in [0.1, 0.15) is 0 Å². The van der Waals surface area contributed by atoms with E-state index in [1.165, 1.54) is 17.9 Å². The van der Waals surface area contributed by atoms with Gasteiger partial charge in [0.25, 0.3) is 0 Å². The molecule has 1 fully saturated rings. The summed E-state index contributed by atoms with van der Waals surface area (Å²) in [6, 6.07) is 8.61. The Hall–Kier alpha value is -0.0300. The van der Waals surface area contributed by atoms with E-state index < -0.39 is 0 Å². The zero-order valence-corrected chi connectivity index (χ0v) is 13.1. The molecule has 0 amide bonds. The van der Waals surface area contributed by atoms with Gasteiger partial charge in [-0.2, -0.15) is 11.8 Å². The monoisotopic (exact) mass is 329 g/mol. The van der Waals surface area contributed by atoms with E-state index in [4.69, 9.17) is 0 Å². The molecule has 4 heteroatoms. The van der Waals surface area contributed by atoms with E-state index in [9.17, 15) is 5.11 Å². The molecule has 0 radical (unpaired) electrons. The number of aliphatic hydroxyl groups is 1. The van der Waals surface area contributed by atoms with Crippen molar-refractivity contribution in [3.05, 3.63) is 34.3 Å². The molecule has 1 N–H and O–H groups in total. The molecular formula is C14H20BrNOS. The van der Waals surface area contributed by atoms with Gasteiger partial charge in [-0.15, -0.1) is 0 Å². The maximum Gasteiger partial charge on any atom is 0.0813 e. The Labute approximate surface area is 122 Å². The molecule has 0 bridgehead atoms. The summed E-state index contributed by atoms with van der Waals surface area (Å²) >= 11 is 5.53. The van der Waals surface area contributed by atoms with Crippen LogP contribution in [0.4, 0.5) is 0 Å². The summed E-state index contributed by atoms with van der Waals surface area (Å²) in [6.45, 7) is 0.952. The van der Waals surface area contributed by atoms with Crippen LogP contribution in [0.5, 0.6) is 0 Å². The predicted octanol–water partition coefficient (Wildman–Crippen LogP) is 3.31. The predicted molar refractivity (Wildman–Crippen MR) is 82.1 cm³/mol. The third-order valence-corrected chi connectivity index (χ3v) is 5.42. The number of benzene rings is 1. The molecule has 2 atom stereocenters. The number of hydrogen-bond acceptors (Lipinski definition) is 3. The highest BCUT2D eigenvalue weighted by atomic mass is 79.9. The first-order valence-corrected chi connectivity index (χ1v) is 8.33. The number of thioether (sulfide) groups is 1. The SMILES string of the molecule is CN(CCC(O)c1ccccc1Br)C1CCSC1. The lowest BCUT2D eigenvalue weighted by molar-refractivity contribution is 0.139. The van der Waals surface area contributed by atoms with Crippen molar-refractivity contribution in [1.29, 1.82) is 0 Å². The quantitative estimate of drug-likeness (QED) is 0.896. The fraction of sp³-hybridized carbons (Fsp3) is 0.571. The van der Waals surface area contributed by atoms with Crippen molar-refractivity contribution in [2.45, 2.75) is 25.0 Å². The minimum atomic E-state index is -0.378. The lowest BCUT2D eigenvalue weighted by Gasteiger charge is -2.24. The normalized spacial score (nSPS) is 21.4. The van der Waals surface area contributed by atoms with E-state index in [0.717, 1.165) is 23.0 Å². The van der Waals surface area contributed by atoms with Gasteiger partial charge < -0.3 is 10.0 Å². The van der Waals surface area contributed by atoms with Crippen molar-refractivity contribution in [1.82, 2.24) is 4.90 Å². The lowest BCUT2D eigenvalue weighted by Crippen LogP contribution is -2.32. The number of halogens is 1. The van der Waals surface area contributed by atoms with Crippen LogP contribution in [0.25, 0.3) is 0 Å². The van der Waals surface area contributed by atoms with E-state index >= 15 is 0 Å². The van der Waals surface area contributed by atoms with Crippen molar-refractivity contribution in [2.24, 2.45) is 0 Å². The van der Waals surface area contributed by atoms with Crippen LogP contribution >= 0.6 is 27.7 Å². The summed E-state index contributed by atoms with van der Waals surface area (Å²) in [5.74, 6) is 2.52. The van der Waals surface area contributed by atoms with Crippen molar-refractivity contribution >= 4 is 27.7 Å². The minimum absolute atomic E-state index is 0.378. The fourth-order valence-corrected chi connectivity index (χ4v) is 4.13. The first-order chi connectivity index (χ1) is 8.68. The highest BCUT2D eigenvalue weighted by Gasteiger charge is 2.20. The van der Waals surface area contributed by atoms with Crippen LogP contribution in [0.1, 0.15) is 24.5 Å². The van der Waals surface area contributed by atoms with Crippen molar-refractivity contribution in [3.8, 4) is 0 Å². The molecular weight excluding hydrogens is 310 g/mol. The number of hydrogen-bond donors (Lipinski definition) is 1. The Bertz CT molecular complexity index is 382. The molecule has 2 unspecified atom stereocenters. The van der Waals surface area contributed by atoms with E-state index in [2.05, 4.69) is 27.9 Å². The molecule has 0 aliphatic carbocycles. The third kappa shape index (κ3) is 3.73. The Morgan fingerprint density at radius 3 is 2.94 bits per heavy atom. The molecule has 18 heavy (non-hydrogen) atoms. The van der Waals surface area contributed by atoms with Crippen molar-refractivity contribution < 1.29 is 5.11 Å². The van der Waals surface area contributed by atoms with Gasteiger partial charge in [0.2, 0.25) is 0 Å². The summed E-state index contributed by atoms with van der Waals surface area (Å²) < 4.78 is 0.997. The Balaban J connectivity index is 1.84. The topological polar surface area (TPSA) is 23.5 Å². The van der Waals surface area contributed by atoms with Crippen LogP contribution in [0.15, 0.2) is 28.7 Å². The second kappa shape index (κ2) is 6.94. The third-order valence-electron chi connectivity index (χ3n) is 3.55. The van der Waals surface area contributed by atoms with Gasteiger partial charge in [-0.3, -0.25) is 0 Å². The van der Waals surface area contributed by atoms with Gasteiger partial charge in [-0.25, -0.2) is 0 Å². The molecule has 2 rings (SSSR count). The van der Waals surface area contributed by atoms with Crippen molar-refractivity contribution in [3.63, 3.8) is 0 Å². The van der Waals surface area contributed by atoms with E-state index in [1.54, 1.807) is 0 Å². The largest absolute Gasteiger partial charge is 0.388 e. The second-order valence-corrected chi connectivity index (χ2v) is 6.83. The molecule has 0 aromatic heterocycles.